The van der Waals surface area contributed by atoms with E-state index in [1.165, 1.54) is 6.33 Å². The highest BCUT2D eigenvalue weighted by molar-refractivity contribution is 6.03. The molecule has 5 rings (SSSR count). The van der Waals surface area contributed by atoms with Gasteiger partial charge in [-0.25, -0.2) is 9.97 Å². The van der Waals surface area contributed by atoms with Crippen molar-refractivity contribution in [1.29, 1.82) is 0 Å². The fourth-order valence-electron chi connectivity index (χ4n) is 3.47. The normalized spacial score (nSPS) is 12.3. The summed E-state index contributed by atoms with van der Waals surface area (Å²) in [6, 6.07) is 15.3. The molecule has 29 heavy (non-hydrogen) atoms. The van der Waals surface area contributed by atoms with Gasteiger partial charge in [0.1, 0.15) is 18.0 Å². The summed E-state index contributed by atoms with van der Waals surface area (Å²) in [4.78, 5) is 24.5. The predicted molar refractivity (Wildman–Crippen MR) is 112 cm³/mol. The molecule has 3 aromatic heterocycles. The number of nitrogens with one attached hydrogen (secondary N) is 2. The molecule has 7 heteroatoms. The van der Waals surface area contributed by atoms with Gasteiger partial charge in [0.15, 0.2) is 0 Å². The standard InChI is InChI=1S/C22H18N6O/c1-14(22(29)27-19-8-4-6-15-5-2-3-7-17(15)19)28-12-16(11-26-28)20-18-9-10-23-21(18)25-13-24-20/h2-14H,1H3,(H,27,29)(H,23,24,25). The lowest BCUT2D eigenvalue weighted by molar-refractivity contribution is -0.119. The number of benzene rings is 2. The largest absolute Gasteiger partial charge is 0.346 e. The molecule has 0 aliphatic rings. The number of aromatic amines is 1. The number of fused-ring (bicyclic) bond motifs is 2. The number of carbonyl (C=O) groups is 1. The molecule has 5 aromatic rings. The van der Waals surface area contributed by atoms with Gasteiger partial charge in [-0.3, -0.25) is 9.48 Å². The second-order valence-electron chi connectivity index (χ2n) is 6.86. The molecule has 2 aromatic carbocycles. The molecular formula is C22H18N6O. The molecule has 3 heterocycles. The van der Waals surface area contributed by atoms with Gasteiger partial charge >= 0.3 is 0 Å². The first kappa shape index (κ1) is 17.1. The number of hydrogen-bond donors (Lipinski definition) is 2. The maximum absolute atomic E-state index is 12.9. The van der Waals surface area contributed by atoms with Crippen molar-refractivity contribution >= 4 is 33.4 Å². The Labute approximate surface area is 166 Å². The molecule has 0 aliphatic heterocycles. The maximum Gasteiger partial charge on any atom is 0.248 e. The molecular weight excluding hydrogens is 364 g/mol. The Balaban J connectivity index is 1.42. The van der Waals surface area contributed by atoms with Crippen LogP contribution in [0.2, 0.25) is 0 Å². The van der Waals surface area contributed by atoms with Crippen molar-refractivity contribution in [3.05, 3.63) is 73.4 Å². The number of anilines is 1. The predicted octanol–water partition coefficient (Wildman–Crippen LogP) is 4.17. The minimum atomic E-state index is -0.480. The van der Waals surface area contributed by atoms with Gasteiger partial charge in [-0.1, -0.05) is 36.4 Å². The number of rotatable bonds is 4. The summed E-state index contributed by atoms with van der Waals surface area (Å²) in [7, 11) is 0. The van der Waals surface area contributed by atoms with Gasteiger partial charge in [0, 0.05) is 34.4 Å². The molecule has 0 radical (unpaired) electrons. The Hall–Kier alpha value is -4.00. The molecule has 0 fully saturated rings. The van der Waals surface area contributed by atoms with Crippen LogP contribution < -0.4 is 5.32 Å². The summed E-state index contributed by atoms with van der Waals surface area (Å²) in [6.45, 7) is 1.82. The van der Waals surface area contributed by atoms with Gasteiger partial charge in [0.2, 0.25) is 5.91 Å². The van der Waals surface area contributed by atoms with E-state index >= 15 is 0 Å². The molecule has 2 N–H and O–H groups in total. The van der Waals surface area contributed by atoms with E-state index in [9.17, 15) is 4.79 Å². The molecule has 0 spiro atoms. The van der Waals surface area contributed by atoms with Crippen molar-refractivity contribution in [2.24, 2.45) is 0 Å². The van der Waals surface area contributed by atoms with Crippen LogP contribution in [0.1, 0.15) is 13.0 Å². The first-order valence-corrected chi connectivity index (χ1v) is 9.32. The summed E-state index contributed by atoms with van der Waals surface area (Å²) < 4.78 is 1.65. The summed E-state index contributed by atoms with van der Waals surface area (Å²) >= 11 is 0. The van der Waals surface area contributed by atoms with E-state index < -0.39 is 6.04 Å². The van der Waals surface area contributed by atoms with E-state index in [1.54, 1.807) is 10.9 Å². The average molecular weight is 382 g/mol. The SMILES string of the molecule is CC(C(=O)Nc1cccc2ccccc12)n1cc(-c2ncnc3[nH]ccc23)cn1. The topological polar surface area (TPSA) is 88.5 Å². The van der Waals surface area contributed by atoms with E-state index in [2.05, 4.69) is 25.4 Å². The summed E-state index contributed by atoms with van der Waals surface area (Å²) in [5, 5.41) is 10.4. The Morgan fingerprint density at radius 1 is 1.07 bits per heavy atom. The van der Waals surface area contributed by atoms with Crippen LogP contribution in [0.15, 0.2) is 73.4 Å². The first-order valence-electron chi connectivity index (χ1n) is 9.32. The number of hydrogen-bond acceptors (Lipinski definition) is 4. The zero-order valence-electron chi connectivity index (χ0n) is 15.7. The van der Waals surface area contributed by atoms with E-state index in [0.29, 0.717) is 0 Å². The van der Waals surface area contributed by atoms with Crippen LogP contribution in [0.4, 0.5) is 5.69 Å². The van der Waals surface area contributed by atoms with E-state index in [0.717, 1.165) is 38.8 Å². The second kappa shape index (κ2) is 6.87. The van der Waals surface area contributed by atoms with Crippen LogP contribution in [-0.2, 0) is 4.79 Å². The lowest BCUT2D eigenvalue weighted by atomic mass is 10.1. The van der Waals surface area contributed by atoms with Gasteiger partial charge < -0.3 is 10.3 Å². The molecule has 142 valence electrons. The van der Waals surface area contributed by atoms with Crippen LogP contribution in [0.3, 0.4) is 0 Å². The summed E-state index contributed by atoms with van der Waals surface area (Å²) in [5.74, 6) is -0.134. The van der Waals surface area contributed by atoms with Crippen LogP contribution >= 0.6 is 0 Å². The highest BCUT2D eigenvalue weighted by atomic mass is 16.2. The average Bonchev–Trinajstić information content (AvgIpc) is 3.43. The zero-order chi connectivity index (χ0) is 19.8. The Bertz CT molecular complexity index is 1330. The van der Waals surface area contributed by atoms with Crippen molar-refractivity contribution < 1.29 is 4.79 Å². The van der Waals surface area contributed by atoms with Gasteiger partial charge in [0.05, 0.1) is 11.9 Å². The van der Waals surface area contributed by atoms with Gasteiger partial charge in [-0.2, -0.15) is 5.10 Å². The van der Waals surface area contributed by atoms with Crippen molar-refractivity contribution in [1.82, 2.24) is 24.7 Å². The Morgan fingerprint density at radius 3 is 2.86 bits per heavy atom. The number of carbonyl (C=O) groups excluding carboxylic acids is 1. The van der Waals surface area contributed by atoms with E-state index in [-0.39, 0.29) is 5.91 Å². The number of nitrogens with zero attached hydrogens (tertiary/aromatic N) is 4. The van der Waals surface area contributed by atoms with Gasteiger partial charge in [0.25, 0.3) is 0 Å². The molecule has 0 saturated carbocycles. The Morgan fingerprint density at radius 2 is 1.93 bits per heavy atom. The first-order chi connectivity index (χ1) is 14.2. The molecule has 7 nitrogen and oxygen atoms in total. The van der Waals surface area contributed by atoms with E-state index in [1.807, 2.05) is 67.8 Å². The lowest BCUT2D eigenvalue weighted by Crippen LogP contribution is -2.24. The molecule has 1 amide bonds. The maximum atomic E-state index is 12.9. The van der Waals surface area contributed by atoms with Gasteiger partial charge in [-0.05, 0) is 24.4 Å². The minimum absolute atomic E-state index is 0.134. The third-order valence-corrected chi connectivity index (χ3v) is 5.05. The summed E-state index contributed by atoms with van der Waals surface area (Å²) in [5.41, 5.74) is 3.17. The third kappa shape index (κ3) is 3.02. The fourth-order valence-corrected chi connectivity index (χ4v) is 3.47. The molecule has 0 saturated heterocycles. The zero-order valence-corrected chi connectivity index (χ0v) is 15.7. The third-order valence-electron chi connectivity index (χ3n) is 5.05. The summed E-state index contributed by atoms with van der Waals surface area (Å²) in [6.07, 6.45) is 6.90. The quantitative estimate of drug-likeness (QED) is 0.488. The van der Waals surface area contributed by atoms with Crippen molar-refractivity contribution in [2.75, 3.05) is 5.32 Å². The van der Waals surface area contributed by atoms with Crippen molar-refractivity contribution in [2.45, 2.75) is 13.0 Å². The monoisotopic (exact) mass is 382 g/mol. The molecule has 1 atom stereocenters. The van der Waals surface area contributed by atoms with Crippen LogP contribution in [0.25, 0.3) is 33.1 Å². The number of amides is 1. The number of aromatic nitrogens is 5. The van der Waals surface area contributed by atoms with E-state index in [4.69, 9.17) is 0 Å². The Kier molecular flexibility index (Phi) is 4.05. The lowest BCUT2D eigenvalue weighted by Gasteiger charge is -2.14. The molecule has 0 bridgehead atoms. The van der Waals surface area contributed by atoms with Crippen LogP contribution in [-0.4, -0.2) is 30.6 Å². The van der Waals surface area contributed by atoms with Crippen LogP contribution in [0.5, 0.6) is 0 Å². The minimum Gasteiger partial charge on any atom is -0.346 e. The molecule has 1 unspecified atom stereocenters. The number of H-pyrrole nitrogens is 1. The molecule has 0 aliphatic carbocycles. The highest BCUT2D eigenvalue weighted by Gasteiger charge is 2.18. The van der Waals surface area contributed by atoms with Crippen LogP contribution in [0, 0.1) is 0 Å². The van der Waals surface area contributed by atoms with Gasteiger partial charge in [-0.15, -0.1) is 0 Å². The fraction of sp³-hybridized carbons (Fsp3) is 0.0909. The highest BCUT2D eigenvalue weighted by Crippen LogP contribution is 2.26. The van der Waals surface area contributed by atoms with Crippen molar-refractivity contribution in [3.63, 3.8) is 0 Å². The second-order valence-corrected chi connectivity index (χ2v) is 6.86. The smallest absolute Gasteiger partial charge is 0.248 e. The van der Waals surface area contributed by atoms with Crippen molar-refractivity contribution in [3.8, 4) is 11.3 Å².